The average Bonchev–Trinajstić information content (AvgIpc) is 2.49. The minimum Gasteiger partial charge on any atom is -0.481 e. The Morgan fingerprint density at radius 3 is 2.48 bits per heavy atom. The highest BCUT2D eigenvalue weighted by atomic mass is 16.5. The van der Waals surface area contributed by atoms with Crippen molar-refractivity contribution >= 4 is 18.0 Å². The predicted octanol–water partition coefficient (Wildman–Crippen LogP) is 0.136. The van der Waals surface area contributed by atoms with Crippen LogP contribution in [0.25, 0.3) is 0 Å². The summed E-state index contributed by atoms with van der Waals surface area (Å²) in [5.74, 6) is 3.21. The maximum atomic E-state index is 11.6. The number of nitrogens with two attached hydrogens (primary N) is 1. The highest BCUT2D eigenvalue weighted by Gasteiger charge is 2.21. The summed E-state index contributed by atoms with van der Waals surface area (Å²) in [6, 6.07) is 7.93. The van der Waals surface area contributed by atoms with Crippen molar-refractivity contribution in [3.05, 3.63) is 35.9 Å². The molecular weight excluding hydrogens is 278 g/mol. The van der Waals surface area contributed by atoms with Crippen LogP contribution in [-0.2, 0) is 20.9 Å². The van der Waals surface area contributed by atoms with Gasteiger partial charge in [-0.15, -0.1) is 0 Å². The molecule has 1 unspecified atom stereocenters. The number of hydrazine groups is 1. The molecule has 1 aromatic carbocycles. The average molecular weight is 295 g/mol. The van der Waals surface area contributed by atoms with Crippen LogP contribution in [-0.4, -0.2) is 29.1 Å². The normalized spacial score (nSPS) is 11.3. The van der Waals surface area contributed by atoms with Gasteiger partial charge in [-0.2, -0.15) is 0 Å². The molecule has 0 aliphatic heterocycles. The van der Waals surface area contributed by atoms with Crippen molar-refractivity contribution in [1.29, 1.82) is 0 Å². The van der Waals surface area contributed by atoms with Crippen LogP contribution in [0.4, 0.5) is 4.79 Å². The SMILES string of the molecule is NNC(=O)C(CCC(=O)O)NC(=O)OCc1ccccc1. The van der Waals surface area contributed by atoms with Crippen LogP contribution >= 0.6 is 0 Å². The summed E-state index contributed by atoms with van der Waals surface area (Å²) in [7, 11) is 0. The van der Waals surface area contributed by atoms with E-state index in [-0.39, 0.29) is 19.4 Å². The Labute approximate surface area is 121 Å². The number of carboxylic acid groups (broad SMARTS) is 1. The maximum absolute atomic E-state index is 11.6. The first-order valence-corrected chi connectivity index (χ1v) is 6.22. The van der Waals surface area contributed by atoms with Crippen molar-refractivity contribution in [3.63, 3.8) is 0 Å². The summed E-state index contributed by atoms with van der Waals surface area (Å²) in [5.41, 5.74) is 2.66. The second kappa shape index (κ2) is 8.54. The lowest BCUT2D eigenvalue weighted by atomic mass is 10.1. The van der Waals surface area contributed by atoms with E-state index in [1.54, 1.807) is 24.3 Å². The summed E-state index contributed by atoms with van der Waals surface area (Å²) >= 11 is 0. The molecule has 8 heteroatoms. The maximum Gasteiger partial charge on any atom is 0.408 e. The first-order chi connectivity index (χ1) is 10.0. The lowest BCUT2D eigenvalue weighted by molar-refractivity contribution is -0.137. The second-order valence-corrected chi connectivity index (χ2v) is 4.20. The Morgan fingerprint density at radius 1 is 1.24 bits per heavy atom. The van der Waals surface area contributed by atoms with E-state index in [9.17, 15) is 14.4 Å². The lowest BCUT2D eigenvalue weighted by Crippen LogP contribution is -2.49. The number of rotatable bonds is 7. The third kappa shape index (κ3) is 6.39. The Morgan fingerprint density at radius 2 is 1.90 bits per heavy atom. The van der Waals surface area contributed by atoms with Gasteiger partial charge in [0.2, 0.25) is 0 Å². The zero-order chi connectivity index (χ0) is 15.7. The van der Waals surface area contributed by atoms with E-state index in [0.29, 0.717) is 0 Å². The quantitative estimate of drug-likeness (QED) is 0.321. The van der Waals surface area contributed by atoms with Crippen LogP contribution in [0, 0.1) is 0 Å². The van der Waals surface area contributed by atoms with Crippen molar-refractivity contribution < 1.29 is 24.2 Å². The van der Waals surface area contributed by atoms with Gasteiger partial charge < -0.3 is 15.2 Å². The summed E-state index contributed by atoms with van der Waals surface area (Å²) in [4.78, 5) is 33.5. The van der Waals surface area contributed by atoms with Gasteiger partial charge in [0, 0.05) is 6.42 Å². The number of nitrogens with one attached hydrogen (secondary N) is 2. The number of carbonyl (C=O) groups is 3. The number of amides is 2. The molecule has 21 heavy (non-hydrogen) atoms. The van der Waals surface area contributed by atoms with Crippen molar-refractivity contribution in [2.75, 3.05) is 0 Å². The van der Waals surface area contributed by atoms with E-state index < -0.39 is 24.0 Å². The van der Waals surface area contributed by atoms with E-state index >= 15 is 0 Å². The molecule has 114 valence electrons. The van der Waals surface area contributed by atoms with Crippen molar-refractivity contribution in [2.24, 2.45) is 5.84 Å². The topological polar surface area (TPSA) is 131 Å². The Balaban J connectivity index is 2.47. The molecule has 5 N–H and O–H groups in total. The Kier molecular flexibility index (Phi) is 6.69. The number of carbonyl (C=O) groups excluding carboxylic acids is 2. The van der Waals surface area contributed by atoms with Crippen LogP contribution < -0.4 is 16.6 Å². The van der Waals surface area contributed by atoms with Crippen LogP contribution in [0.3, 0.4) is 0 Å². The predicted molar refractivity (Wildman–Crippen MR) is 72.8 cm³/mol. The molecule has 1 rings (SSSR count). The molecule has 2 amide bonds. The monoisotopic (exact) mass is 295 g/mol. The first kappa shape index (κ1) is 16.4. The molecule has 0 aromatic heterocycles. The number of hydrogen-bond donors (Lipinski definition) is 4. The minimum atomic E-state index is -1.08. The minimum absolute atomic E-state index is 0.0442. The van der Waals surface area contributed by atoms with Crippen molar-refractivity contribution in [1.82, 2.24) is 10.7 Å². The van der Waals surface area contributed by atoms with Gasteiger partial charge in [0.25, 0.3) is 5.91 Å². The number of aliphatic carboxylic acids is 1. The molecule has 0 radical (unpaired) electrons. The molecule has 0 spiro atoms. The molecular formula is C13H17N3O5. The summed E-state index contributed by atoms with van der Waals surface area (Å²) in [5, 5.41) is 10.9. The van der Waals surface area contributed by atoms with E-state index in [4.69, 9.17) is 15.7 Å². The lowest BCUT2D eigenvalue weighted by Gasteiger charge is -2.16. The van der Waals surface area contributed by atoms with Crippen LogP contribution in [0.2, 0.25) is 0 Å². The van der Waals surface area contributed by atoms with E-state index in [2.05, 4.69) is 5.32 Å². The fourth-order valence-corrected chi connectivity index (χ4v) is 1.54. The van der Waals surface area contributed by atoms with Gasteiger partial charge >= 0.3 is 12.1 Å². The largest absolute Gasteiger partial charge is 0.481 e. The summed E-state index contributed by atoms with van der Waals surface area (Å²) in [6.45, 7) is 0.0442. The Bertz CT molecular complexity index is 492. The van der Waals surface area contributed by atoms with Gasteiger partial charge in [-0.05, 0) is 12.0 Å². The summed E-state index contributed by atoms with van der Waals surface area (Å²) < 4.78 is 4.94. The second-order valence-electron chi connectivity index (χ2n) is 4.20. The molecule has 1 aromatic rings. The third-order valence-electron chi connectivity index (χ3n) is 2.61. The number of carboxylic acids is 1. The highest BCUT2D eigenvalue weighted by molar-refractivity contribution is 5.85. The van der Waals surface area contributed by atoms with Gasteiger partial charge in [-0.1, -0.05) is 30.3 Å². The third-order valence-corrected chi connectivity index (χ3v) is 2.61. The standard InChI is InChI=1S/C13H17N3O5/c14-16-12(19)10(6-7-11(17)18)15-13(20)21-8-9-4-2-1-3-5-9/h1-5,10H,6-8,14H2,(H,15,20)(H,16,19)(H,17,18). The highest BCUT2D eigenvalue weighted by Crippen LogP contribution is 2.02. The van der Waals surface area contributed by atoms with E-state index in [1.807, 2.05) is 11.5 Å². The first-order valence-electron chi connectivity index (χ1n) is 6.22. The van der Waals surface area contributed by atoms with Crippen molar-refractivity contribution in [2.45, 2.75) is 25.5 Å². The zero-order valence-corrected chi connectivity index (χ0v) is 11.2. The number of benzene rings is 1. The van der Waals surface area contributed by atoms with Gasteiger partial charge in [0.1, 0.15) is 12.6 Å². The van der Waals surface area contributed by atoms with Gasteiger partial charge in [-0.3, -0.25) is 15.0 Å². The summed E-state index contributed by atoms with van der Waals surface area (Å²) in [6.07, 6.45) is -1.19. The van der Waals surface area contributed by atoms with Gasteiger partial charge in [-0.25, -0.2) is 10.6 Å². The van der Waals surface area contributed by atoms with Crippen molar-refractivity contribution in [3.8, 4) is 0 Å². The van der Waals surface area contributed by atoms with E-state index in [1.165, 1.54) is 0 Å². The number of ether oxygens (including phenoxy) is 1. The fourth-order valence-electron chi connectivity index (χ4n) is 1.54. The van der Waals surface area contributed by atoms with E-state index in [0.717, 1.165) is 5.56 Å². The fraction of sp³-hybridized carbons (Fsp3) is 0.308. The van der Waals surface area contributed by atoms with Crippen LogP contribution in [0.1, 0.15) is 18.4 Å². The molecule has 0 heterocycles. The molecule has 0 fully saturated rings. The smallest absolute Gasteiger partial charge is 0.408 e. The number of alkyl carbamates (subject to hydrolysis) is 1. The number of hydrogen-bond acceptors (Lipinski definition) is 5. The van der Waals surface area contributed by atoms with Crippen LogP contribution in [0.5, 0.6) is 0 Å². The zero-order valence-electron chi connectivity index (χ0n) is 11.2. The molecule has 1 atom stereocenters. The Hall–Kier alpha value is -2.61. The molecule has 0 aliphatic rings. The van der Waals surface area contributed by atoms with Gasteiger partial charge in [0.15, 0.2) is 0 Å². The van der Waals surface area contributed by atoms with Crippen LogP contribution in [0.15, 0.2) is 30.3 Å². The molecule has 0 saturated carbocycles. The molecule has 0 saturated heterocycles. The molecule has 0 bridgehead atoms. The van der Waals surface area contributed by atoms with Gasteiger partial charge in [0.05, 0.1) is 0 Å². The molecule has 0 aliphatic carbocycles. The molecule has 8 nitrogen and oxygen atoms in total.